The summed E-state index contributed by atoms with van der Waals surface area (Å²) in [5, 5.41) is 10.4. The maximum absolute atomic E-state index is 2.98. The molecule has 2 nitrogen and oxygen atoms in total. The third kappa shape index (κ3) is 5.85. The van der Waals surface area contributed by atoms with Gasteiger partial charge < -0.3 is 9.13 Å². The molecule has 12 aromatic rings. The van der Waals surface area contributed by atoms with Gasteiger partial charge in [0.05, 0.1) is 27.8 Å². The first kappa shape index (κ1) is 36.8. The highest BCUT2D eigenvalue weighted by Gasteiger charge is 2.43. The average Bonchev–Trinajstić information content (AvgIpc) is 3.88. The largest absolute Gasteiger partial charge is 0.309 e. The van der Waals surface area contributed by atoms with Crippen LogP contribution >= 0.6 is 0 Å². The molecule has 63 heavy (non-hydrogen) atoms. The molecule has 2 aromatic heterocycles. The van der Waals surface area contributed by atoms with Crippen molar-refractivity contribution in [2.24, 2.45) is 0 Å². The Kier molecular flexibility index (Phi) is 8.87. The molecule has 12 rings (SSSR count). The Bertz CT molecular complexity index is 3500. The minimum Gasteiger partial charge on any atom is -0.309 e. The lowest BCUT2D eigenvalue weighted by molar-refractivity contribution is 1.16. The second-order valence-electron chi connectivity index (χ2n) is 16.4. The van der Waals surface area contributed by atoms with Crippen LogP contribution in [0.2, 0.25) is 0 Å². The lowest BCUT2D eigenvalue weighted by Gasteiger charge is -2.35. The van der Waals surface area contributed by atoms with Crippen molar-refractivity contribution in [3.63, 3.8) is 0 Å². The molecule has 10 aromatic carbocycles. The fraction of sp³-hybridized carbons (Fsp3) is 0. The van der Waals surface area contributed by atoms with Crippen LogP contribution < -0.4 is 20.7 Å². The van der Waals surface area contributed by atoms with Crippen LogP contribution in [0.4, 0.5) is 0 Å². The molecule has 0 atom stereocenters. The highest BCUT2D eigenvalue weighted by molar-refractivity contribution is 7.20. The van der Waals surface area contributed by atoms with Gasteiger partial charge in [-0.2, -0.15) is 0 Å². The van der Waals surface area contributed by atoms with E-state index in [2.05, 4.69) is 264 Å². The van der Waals surface area contributed by atoms with Gasteiger partial charge in [0.2, 0.25) is 0 Å². The summed E-state index contributed by atoms with van der Waals surface area (Å²) in [6.07, 6.45) is 0. The van der Waals surface area contributed by atoms with E-state index in [-0.39, 0.29) is 0 Å². The molecule has 0 aliphatic carbocycles. The predicted octanol–water partition coefficient (Wildman–Crippen LogP) is 12.6. The lowest BCUT2D eigenvalue weighted by Crippen LogP contribution is -2.75. The summed E-state index contributed by atoms with van der Waals surface area (Å²) >= 11 is 0. The number of hydrogen-bond donors (Lipinski definition) is 0. The number of nitrogens with zero attached hydrogens (tertiary/aromatic N) is 2. The van der Waals surface area contributed by atoms with Crippen molar-refractivity contribution < 1.29 is 0 Å². The normalized spacial score (nSPS) is 11.8. The van der Waals surface area contributed by atoms with Gasteiger partial charge in [0.15, 0.2) is 8.07 Å². The van der Waals surface area contributed by atoms with Crippen molar-refractivity contribution in [2.75, 3.05) is 0 Å². The van der Waals surface area contributed by atoms with E-state index in [0.717, 1.165) is 11.4 Å². The van der Waals surface area contributed by atoms with E-state index >= 15 is 0 Å². The molecule has 0 spiro atoms. The van der Waals surface area contributed by atoms with Crippen molar-refractivity contribution in [2.45, 2.75) is 0 Å². The second kappa shape index (κ2) is 15.2. The van der Waals surface area contributed by atoms with Crippen molar-refractivity contribution in [3.8, 4) is 33.6 Å². The summed E-state index contributed by atoms with van der Waals surface area (Å²) in [5.74, 6) is 0. The zero-order valence-corrected chi connectivity index (χ0v) is 35.6. The molecule has 0 bridgehead atoms. The Labute approximate surface area is 368 Å². The molecule has 0 saturated carbocycles. The Balaban J connectivity index is 1.23. The molecule has 2 heterocycles. The molecule has 0 saturated heterocycles. The van der Waals surface area contributed by atoms with Crippen LogP contribution in [0.1, 0.15) is 0 Å². The van der Waals surface area contributed by atoms with E-state index in [0.29, 0.717) is 0 Å². The average molecular weight is 819 g/mol. The third-order valence-corrected chi connectivity index (χ3v) is 17.9. The molecule has 3 heteroatoms. The summed E-state index contributed by atoms with van der Waals surface area (Å²) < 4.78 is 5.06. The third-order valence-electron chi connectivity index (χ3n) is 13.1. The molecule has 0 aliphatic rings. The summed E-state index contributed by atoms with van der Waals surface area (Å²) in [5.41, 5.74) is 11.9. The van der Waals surface area contributed by atoms with Crippen molar-refractivity contribution in [1.29, 1.82) is 0 Å². The van der Waals surface area contributed by atoms with Crippen molar-refractivity contribution in [3.05, 3.63) is 255 Å². The maximum atomic E-state index is 2.58. The quantitative estimate of drug-likeness (QED) is 0.107. The number of aromatic nitrogens is 2. The topological polar surface area (TPSA) is 9.86 Å². The number of para-hydroxylation sites is 3. The summed E-state index contributed by atoms with van der Waals surface area (Å²) in [6, 6.07) is 94.4. The van der Waals surface area contributed by atoms with Gasteiger partial charge >= 0.3 is 0 Å². The van der Waals surface area contributed by atoms with Gasteiger partial charge in [0.25, 0.3) is 0 Å². The Morgan fingerprint density at radius 1 is 0.286 bits per heavy atom. The predicted molar refractivity (Wildman–Crippen MR) is 270 cm³/mol. The fourth-order valence-electron chi connectivity index (χ4n) is 10.4. The molecule has 0 fully saturated rings. The molecule has 0 N–H and O–H groups in total. The summed E-state index contributed by atoms with van der Waals surface area (Å²) in [4.78, 5) is 0. The maximum Gasteiger partial charge on any atom is 0.181 e. The van der Waals surface area contributed by atoms with Crippen LogP contribution in [0.3, 0.4) is 0 Å². The molecular formula is C60H42N2Si. The summed E-state index contributed by atoms with van der Waals surface area (Å²) in [6.45, 7) is 0. The molecule has 0 radical (unpaired) electrons. The smallest absolute Gasteiger partial charge is 0.181 e. The SMILES string of the molecule is c1ccc(-c2ccc3c(c2)c2cccc([Si](c4ccccc4)(c4ccccc4)c4ccccc4)c2n3-c2ccc3c4ccccc4n(-c4ccccc4-c4ccccc4)c3c2)cc1. The van der Waals surface area contributed by atoms with Crippen LogP contribution in [0.15, 0.2) is 255 Å². The summed E-state index contributed by atoms with van der Waals surface area (Å²) in [7, 11) is -2.98. The molecular weight excluding hydrogens is 777 g/mol. The first-order chi connectivity index (χ1) is 31.3. The molecule has 0 unspecified atom stereocenters. The van der Waals surface area contributed by atoms with Crippen molar-refractivity contribution in [1.82, 2.24) is 9.13 Å². The van der Waals surface area contributed by atoms with Crippen LogP contribution in [-0.4, -0.2) is 17.2 Å². The van der Waals surface area contributed by atoms with Crippen LogP contribution in [0, 0.1) is 0 Å². The number of fused-ring (bicyclic) bond motifs is 6. The molecule has 0 aliphatic heterocycles. The standard InChI is InChI=1S/C60H42N2Si/c1-6-21-43(22-7-1)45-37-40-57-54(41-45)53-33-20-36-59(63(47-25-10-3-11-26-47,48-27-12-4-13-28-48)49-29-14-5-15-30-49)60(53)61(57)46-38-39-52-51-32-17-19-35-56(51)62(58(52)42-46)55-34-18-16-31-50(55)44-23-8-2-9-24-44/h1-42H. The van der Waals surface area contributed by atoms with Gasteiger partial charge in [-0.1, -0.05) is 218 Å². The van der Waals surface area contributed by atoms with Crippen LogP contribution in [-0.2, 0) is 0 Å². The minimum absolute atomic E-state index is 1.13. The van der Waals surface area contributed by atoms with Gasteiger partial charge in [-0.15, -0.1) is 0 Å². The van der Waals surface area contributed by atoms with E-state index in [1.54, 1.807) is 0 Å². The van der Waals surface area contributed by atoms with E-state index in [1.165, 1.54) is 86.6 Å². The van der Waals surface area contributed by atoms with Gasteiger partial charge in [-0.3, -0.25) is 0 Å². The van der Waals surface area contributed by atoms with Gasteiger partial charge in [0.1, 0.15) is 0 Å². The second-order valence-corrected chi connectivity index (χ2v) is 20.2. The van der Waals surface area contributed by atoms with E-state index < -0.39 is 8.07 Å². The zero-order valence-electron chi connectivity index (χ0n) is 34.6. The Morgan fingerprint density at radius 2 is 0.810 bits per heavy atom. The Morgan fingerprint density at radius 3 is 1.48 bits per heavy atom. The fourth-order valence-corrected chi connectivity index (χ4v) is 15.3. The number of rotatable bonds is 8. The van der Waals surface area contributed by atoms with E-state index in [4.69, 9.17) is 0 Å². The highest BCUT2D eigenvalue weighted by Crippen LogP contribution is 2.40. The van der Waals surface area contributed by atoms with Gasteiger partial charge in [-0.05, 0) is 73.8 Å². The Hall–Kier alpha value is -7.98. The van der Waals surface area contributed by atoms with Gasteiger partial charge in [0, 0.05) is 32.8 Å². The van der Waals surface area contributed by atoms with Crippen LogP contribution in [0.25, 0.3) is 77.2 Å². The van der Waals surface area contributed by atoms with E-state index in [1.807, 2.05) is 0 Å². The monoisotopic (exact) mass is 818 g/mol. The molecule has 0 amide bonds. The molecule has 296 valence electrons. The highest BCUT2D eigenvalue weighted by atomic mass is 28.3. The minimum atomic E-state index is -2.98. The number of hydrogen-bond acceptors (Lipinski definition) is 0. The number of benzene rings is 10. The van der Waals surface area contributed by atoms with Crippen molar-refractivity contribution >= 4 is 72.4 Å². The first-order valence-corrected chi connectivity index (χ1v) is 23.8. The van der Waals surface area contributed by atoms with Crippen LogP contribution in [0.5, 0.6) is 0 Å². The van der Waals surface area contributed by atoms with Gasteiger partial charge in [-0.25, -0.2) is 0 Å². The van der Waals surface area contributed by atoms with E-state index in [9.17, 15) is 0 Å². The lowest BCUT2D eigenvalue weighted by atomic mass is 10.0. The zero-order chi connectivity index (χ0) is 41.7. The first-order valence-electron chi connectivity index (χ1n) is 21.8.